The molecule has 4 heteroatoms. The minimum atomic E-state index is -0.310. The fourth-order valence-corrected chi connectivity index (χ4v) is 2.37. The zero-order valence-electron chi connectivity index (χ0n) is 15.0. The molecular weight excluding hydrogens is 300 g/mol. The zero-order chi connectivity index (χ0) is 17.5. The van der Waals surface area contributed by atoms with Gasteiger partial charge in [0.1, 0.15) is 5.75 Å². The molecule has 0 unspecified atom stereocenters. The van der Waals surface area contributed by atoms with Crippen LogP contribution < -0.4 is 4.74 Å². The van der Waals surface area contributed by atoms with Crippen LogP contribution in [0.15, 0.2) is 48.5 Å². The predicted molar refractivity (Wildman–Crippen MR) is 97.5 cm³/mol. The summed E-state index contributed by atoms with van der Waals surface area (Å²) in [7, 11) is 6.17. The Hall–Kier alpha value is -2.17. The number of likely N-dealkylation sites (N-methyl/N-ethyl adjacent to an activating group) is 2. The molecule has 0 spiro atoms. The van der Waals surface area contributed by atoms with Crippen molar-refractivity contribution < 1.29 is 9.53 Å². The van der Waals surface area contributed by atoms with Gasteiger partial charge < -0.3 is 14.5 Å². The van der Waals surface area contributed by atoms with Crippen molar-refractivity contribution in [1.82, 2.24) is 9.80 Å². The van der Waals surface area contributed by atoms with Gasteiger partial charge in [0.25, 0.3) is 0 Å². The highest BCUT2D eigenvalue weighted by Gasteiger charge is 2.14. The zero-order valence-corrected chi connectivity index (χ0v) is 15.0. The van der Waals surface area contributed by atoms with Crippen LogP contribution in [0.1, 0.15) is 21.5 Å². The highest BCUT2D eigenvalue weighted by molar-refractivity contribution is 5.92. The minimum absolute atomic E-state index is 0.310. The van der Waals surface area contributed by atoms with E-state index in [0.29, 0.717) is 17.9 Å². The second kappa shape index (κ2) is 8.62. The second-order valence-corrected chi connectivity index (χ2v) is 6.40. The molecule has 0 aliphatic rings. The molecule has 0 aromatic heterocycles. The molecule has 2 aromatic rings. The Labute approximate surface area is 144 Å². The maximum absolute atomic E-state index is 12.5. The molecule has 0 fully saturated rings. The first-order valence-corrected chi connectivity index (χ1v) is 8.15. The summed E-state index contributed by atoms with van der Waals surface area (Å²) >= 11 is 0. The molecule has 4 nitrogen and oxygen atoms in total. The molecule has 0 heterocycles. The number of ether oxygens (including phenoxy) is 1. The highest BCUT2D eigenvalue weighted by atomic mass is 16.5. The largest absolute Gasteiger partial charge is 0.423 e. The van der Waals surface area contributed by atoms with Crippen molar-refractivity contribution >= 4 is 5.97 Å². The van der Waals surface area contributed by atoms with Gasteiger partial charge in [-0.1, -0.05) is 35.9 Å². The molecule has 0 N–H and O–H groups in total. The van der Waals surface area contributed by atoms with E-state index in [1.165, 1.54) is 0 Å². The van der Waals surface area contributed by atoms with Crippen LogP contribution in [0.25, 0.3) is 0 Å². The molecule has 0 saturated carbocycles. The summed E-state index contributed by atoms with van der Waals surface area (Å²) in [6.45, 7) is 4.64. The summed E-state index contributed by atoms with van der Waals surface area (Å²) in [5, 5.41) is 0. The van der Waals surface area contributed by atoms with Crippen molar-refractivity contribution in [2.45, 2.75) is 13.5 Å². The van der Waals surface area contributed by atoms with Gasteiger partial charge in [-0.15, -0.1) is 0 Å². The fraction of sp³-hybridized carbons (Fsp3) is 0.350. The average Bonchev–Trinajstić information content (AvgIpc) is 2.55. The Balaban J connectivity index is 2.07. The predicted octanol–water partition coefficient (Wildman–Crippen LogP) is 3.21. The standard InChI is InChI=1S/C20H26N2O2/c1-16-9-11-18(12-10-16)24-20(23)19-8-6-5-7-17(19)15-22(4)14-13-21(2)3/h5-12H,13-15H2,1-4H3. The monoisotopic (exact) mass is 326 g/mol. The summed E-state index contributed by atoms with van der Waals surface area (Å²) in [5.74, 6) is 0.261. The minimum Gasteiger partial charge on any atom is -0.423 e. The van der Waals surface area contributed by atoms with Gasteiger partial charge >= 0.3 is 5.97 Å². The number of benzene rings is 2. The van der Waals surface area contributed by atoms with Crippen LogP contribution in [0.3, 0.4) is 0 Å². The molecule has 2 rings (SSSR count). The highest BCUT2D eigenvalue weighted by Crippen LogP contribution is 2.17. The maximum atomic E-state index is 12.5. The van der Waals surface area contributed by atoms with Crippen LogP contribution in [-0.4, -0.2) is 50.0 Å². The lowest BCUT2D eigenvalue weighted by molar-refractivity contribution is 0.0732. The molecule has 24 heavy (non-hydrogen) atoms. The van der Waals surface area contributed by atoms with Crippen LogP contribution in [0.5, 0.6) is 5.75 Å². The molecule has 2 aromatic carbocycles. The Morgan fingerprint density at radius 3 is 2.29 bits per heavy atom. The molecule has 0 saturated heterocycles. The molecule has 0 atom stereocenters. The lowest BCUT2D eigenvalue weighted by atomic mass is 10.1. The quantitative estimate of drug-likeness (QED) is 0.578. The van der Waals surface area contributed by atoms with Gasteiger partial charge in [-0.05, 0) is 51.8 Å². The first-order valence-electron chi connectivity index (χ1n) is 8.15. The Morgan fingerprint density at radius 1 is 0.958 bits per heavy atom. The number of carbonyl (C=O) groups excluding carboxylic acids is 1. The van der Waals surface area contributed by atoms with E-state index < -0.39 is 0 Å². The summed E-state index contributed by atoms with van der Waals surface area (Å²) in [6, 6.07) is 15.1. The summed E-state index contributed by atoms with van der Waals surface area (Å²) in [5.41, 5.74) is 2.74. The van der Waals surface area contributed by atoms with Crippen molar-refractivity contribution in [2.75, 3.05) is 34.2 Å². The van der Waals surface area contributed by atoms with Gasteiger partial charge in [0, 0.05) is 19.6 Å². The van der Waals surface area contributed by atoms with E-state index in [0.717, 1.165) is 24.2 Å². The van der Waals surface area contributed by atoms with Gasteiger partial charge in [-0.2, -0.15) is 0 Å². The first-order chi connectivity index (χ1) is 11.5. The summed E-state index contributed by atoms with van der Waals surface area (Å²) < 4.78 is 5.51. The van der Waals surface area contributed by atoms with Crippen LogP contribution in [0, 0.1) is 6.92 Å². The smallest absolute Gasteiger partial charge is 0.343 e. The van der Waals surface area contributed by atoms with Crippen LogP contribution in [-0.2, 0) is 6.54 Å². The Kier molecular flexibility index (Phi) is 6.53. The van der Waals surface area contributed by atoms with E-state index in [2.05, 4.69) is 30.9 Å². The van der Waals surface area contributed by atoms with E-state index in [9.17, 15) is 4.79 Å². The van der Waals surface area contributed by atoms with Gasteiger partial charge in [0.15, 0.2) is 0 Å². The van der Waals surface area contributed by atoms with Gasteiger partial charge in [-0.3, -0.25) is 0 Å². The van der Waals surface area contributed by atoms with Crippen molar-refractivity contribution in [3.05, 3.63) is 65.2 Å². The number of esters is 1. The number of aryl methyl sites for hydroxylation is 1. The van der Waals surface area contributed by atoms with E-state index in [-0.39, 0.29) is 5.97 Å². The normalized spacial score (nSPS) is 11.1. The maximum Gasteiger partial charge on any atom is 0.343 e. The van der Waals surface area contributed by atoms with Crippen LogP contribution in [0.2, 0.25) is 0 Å². The molecule has 0 amide bonds. The molecule has 0 bridgehead atoms. The molecule has 0 radical (unpaired) electrons. The van der Waals surface area contributed by atoms with Crippen molar-refractivity contribution in [3.63, 3.8) is 0 Å². The molecule has 128 valence electrons. The second-order valence-electron chi connectivity index (χ2n) is 6.40. The van der Waals surface area contributed by atoms with Crippen molar-refractivity contribution in [1.29, 1.82) is 0 Å². The van der Waals surface area contributed by atoms with E-state index in [4.69, 9.17) is 4.74 Å². The first kappa shape index (κ1) is 18.2. The van der Waals surface area contributed by atoms with Gasteiger partial charge in [-0.25, -0.2) is 4.79 Å². The number of hydrogen-bond acceptors (Lipinski definition) is 4. The van der Waals surface area contributed by atoms with E-state index >= 15 is 0 Å². The van der Waals surface area contributed by atoms with E-state index in [1.807, 2.05) is 55.5 Å². The SMILES string of the molecule is Cc1ccc(OC(=O)c2ccccc2CN(C)CCN(C)C)cc1. The molecular formula is C20H26N2O2. The third kappa shape index (κ3) is 5.48. The average molecular weight is 326 g/mol. The Bertz CT molecular complexity index is 666. The fourth-order valence-electron chi connectivity index (χ4n) is 2.37. The van der Waals surface area contributed by atoms with Crippen LogP contribution in [0.4, 0.5) is 0 Å². The topological polar surface area (TPSA) is 32.8 Å². The van der Waals surface area contributed by atoms with Crippen molar-refractivity contribution in [2.24, 2.45) is 0 Å². The number of carbonyl (C=O) groups is 1. The third-order valence-electron chi connectivity index (χ3n) is 3.84. The number of nitrogens with zero attached hydrogens (tertiary/aromatic N) is 2. The van der Waals surface area contributed by atoms with Crippen molar-refractivity contribution in [3.8, 4) is 5.75 Å². The number of hydrogen-bond donors (Lipinski definition) is 0. The third-order valence-corrected chi connectivity index (χ3v) is 3.84. The van der Waals surface area contributed by atoms with Gasteiger partial charge in [0.2, 0.25) is 0 Å². The molecule has 0 aliphatic heterocycles. The summed E-state index contributed by atoms with van der Waals surface area (Å²) in [6.07, 6.45) is 0. The van der Waals surface area contributed by atoms with Crippen LogP contribution >= 0.6 is 0 Å². The summed E-state index contributed by atoms with van der Waals surface area (Å²) in [4.78, 5) is 16.9. The lowest BCUT2D eigenvalue weighted by Crippen LogP contribution is -2.29. The number of rotatable bonds is 7. The molecule has 0 aliphatic carbocycles. The Morgan fingerprint density at radius 2 is 1.62 bits per heavy atom. The van der Waals surface area contributed by atoms with Gasteiger partial charge in [0.05, 0.1) is 5.56 Å². The lowest BCUT2D eigenvalue weighted by Gasteiger charge is -2.20. The van der Waals surface area contributed by atoms with E-state index in [1.54, 1.807) is 0 Å².